The molecule has 0 spiro atoms. The first-order chi connectivity index (χ1) is 20.3. The van der Waals surface area contributed by atoms with E-state index in [1.54, 1.807) is 24.3 Å². The lowest BCUT2D eigenvalue weighted by molar-refractivity contribution is -0.437. The van der Waals surface area contributed by atoms with Crippen molar-refractivity contribution in [1.82, 2.24) is 0 Å². The maximum atomic E-state index is 11.4. The van der Waals surface area contributed by atoms with Crippen LogP contribution in [-0.4, -0.2) is 60.8 Å². The molecule has 0 unspecified atom stereocenters. The van der Waals surface area contributed by atoms with Crippen LogP contribution in [0, 0.1) is 0 Å². The molecular weight excluding hydrogens is 667 g/mol. The van der Waals surface area contributed by atoms with Gasteiger partial charge in [0.1, 0.15) is 6.54 Å². The smallest absolute Gasteiger partial charge is 0.264 e. The van der Waals surface area contributed by atoms with E-state index in [-0.39, 0.29) is 18.6 Å². The highest BCUT2D eigenvalue weighted by Gasteiger charge is 2.44. The number of fused-ring (bicyclic) bond motifs is 2. The Morgan fingerprint density at radius 3 is 2.23 bits per heavy atom. The fraction of sp³-hybridized carbons (Fsp3) is 0.387. The van der Waals surface area contributed by atoms with Crippen molar-refractivity contribution in [2.24, 2.45) is 0 Å². The fourth-order valence-corrected chi connectivity index (χ4v) is 7.40. The van der Waals surface area contributed by atoms with Crippen molar-refractivity contribution in [3.8, 4) is 0 Å². The summed E-state index contributed by atoms with van der Waals surface area (Å²) in [4.78, 5) is 2.02. The monoisotopic (exact) mass is 700 g/mol. The van der Waals surface area contributed by atoms with E-state index in [0.717, 1.165) is 33.9 Å². The average molecular weight is 702 g/mol. The molecule has 2 aliphatic rings. The standard InChI is InChI=1S/C31H35Cl3N2O6S2/c1-30(2)24-19-22(33)7-11-26(24)35(15-5-17-43(37,38)39)28(30)13-9-21(32)10-14-29-31(3,4)25-20-23(34)8-12-27(25)36(29)16-6-18-44(40,41)42/h7-14,19-20H,5-6,15-18H2,1-4H3,(H-,37,38,39,40,41,42). The average Bonchev–Trinajstić information content (AvgIpc) is 3.22. The van der Waals surface area contributed by atoms with Gasteiger partial charge in [-0.2, -0.15) is 13.0 Å². The van der Waals surface area contributed by atoms with E-state index in [1.807, 2.05) is 73.6 Å². The molecule has 0 radical (unpaired) electrons. The maximum absolute atomic E-state index is 11.4. The Balaban J connectivity index is 1.69. The summed E-state index contributed by atoms with van der Waals surface area (Å²) in [6.07, 6.45) is 7.67. The first kappa shape index (κ1) is 34.7. The highest BCUT2D eigenvalue weighted by Crippen LogP contribution is 2.48. The molecule has 0 bridgehead atoms. The third-order valence-corrected chi connectivity index (χ3v) is 10.4. The number of nitrogens with zero attached hydrogens (tertiary/aromatic N) is 2. The van der Waals surface area contributed by atoms with E-state index in [1.165, 1.54) is 0 Å². The first-order valence-electron chi connectivity index (χ1n) is 14.0. The number of halogens is 3. The summed E-state index contributed by atoms with van der Waals surface area (Å²) in [7, 11) is -8.46. The van der Waals surface area contributed by atoms with Gasteiger partial charge in [-0.3, -0.25) is 4.55 Å². The molecule has 0 aromatic heterocycles. The van der Waals surface area contributed by atoms with Crippen LogP contribution in [0.25, 0.3) is 0 Å². The Morgan fingerprint density at radius 2 is 1.59 bits per heavy atom. The van der Waals surface area contributed by atoms with Crippen LogP contribution in [0.15, 0.2) is 71.4 Å². The summed E-state index contributed by atoms with van der Waals surface area (Å²) in [6.45, 7) is 8.85. The number of anilines is 1. The molecule has 44 heavy (non-hydrogen) atoms. The predicted octanol–water partition coefficient (Wildman–Crippen LogP) is 6.94. The lowest BCUT2D eigenvalue weighted by atomic mass is 9.81. The van der Waals surface area contributed by atoms with Crippen molar-refractivity contribution < 1.29 is 30.5 Å². The predicted molar refractivity (Wildman–Crippen MR) is 177 cm³/mol. The van der Waals surface area contributed by atoms with Gasteiger partial charge in [0.15, 0.2) is 5.71 Å². The largest absolute Gasteiger partial charge is 0.748 e. The number of allylic oxidation sites excluding steroid dienone is 6. The molecule has 0 atom stereocenters. The summed E-state index contributed by atoms with van der Waals surface area (Å²) in [5.74, 6) is -0.832. The van der Waals surface area contributed by atoms with Crippen molar-refractivity contribution in [3.63, 3.8) is 0 Å². The van der Waals surface area contributed by atoms with Crippen molar-refractivity contribution in [2.75, 3.05) is 29.5 Å². The second-order valence-electron chi connectivity index (χ2n) is 12.0. The molecule has 2 heterocycles. The molecule has 2 aliphatic heterocycles. The molecule has 8 nitrogen and oxygen atoms in total. The molecule has 4 rings (SSSR count). The Hall–Kier alpha value is -2.18. The number of rotatable bonds is 11. The zero-order chi connectivity index (χ0) is 32.7. The Morgan fingerprint density at radius 1 is 0.955 bits per heavy atom. The summed E-state index contributed by atoms with van der Waals surface area (Å²) in [5.41, 5.74) is 4.53. The SMILES string of the molecule is CC1(C)C(/C=C/C(Cl)=C/C=C2/N(CCCS(=O)(=O)O)c3ccc(Cl)cc3C2(C)C)=[N+](CCCS(=O)(=O)[O-])c2ccc(Cl)cc21. The maximum Gasteiger partial charge on any atom is 0.264 e. The second kappa shape index (κ2) is 12.9. The van der Waals surface area contributed by atoms with Gasteiger partial charge in [-0.25, -0.2) is 8.42 Å². The van der Waals surface area contributed by atoms with E-state index in [9.17, 15) is 25.9 Å². The van der Waals surface area contributed by atoms with E-state index < -0.39 is 36.8 Å². The molecule has 1 N–H and O–H groups in total. The van der Waals surface area contributed by atoms with Gasteiger partial charge in [0.25, 0.3) is 10.1 Å². The zero-order valence-corrected chi connectivity index (χ0v) is 28.8. The van der Waals surface area contributed by atoms with Crippen LogP contribution < -0.4 is 4.90 Å². The lowest BCUT2D eigenvalue weighted by Gasteiger charge is -2.27. The summed E-state index contributed by atoms with van der Waals surface area (Å²) in [6, 6.07) is 11.1. The minimum atomic E-state index is -4.35. The van der Waals surface area contributed by atoms with Gasteiger partial charge in [-0.1, -0.05) is 48.7 Å². The Kier molecular flexibility index (Phi) is 10.2. The third-order valence-electron chi connectivity index (χ3n) is 8.07. The third kappa shape index (κ3) is 7.78. The minimum Gasteiger partial charge on any atom is -0.748 e. The molecule has 0 saturated heterocycles. The first-order valence-corrected chi connectivity index (χ1v) is 18.3. The number of hydrogen-bond acceptors (Lipinski definition) is 6. The van der Waals surface area contributed by atoms with Crippen LogP contribution in [0.5, 0.6) is 0 Å². The Labute approximate surface area is 274 Å². The van der Waals surface area contributed by atoms with E-state index in [4.69, 9.17) is 34.8 Å². The number of benzene rings is 2. The highest BCUT2D eigenvalue weighted by atomic mass is 35.5. The molecule has 0 aliphatic carbocycles. The highest BCUT2D eigenvalue weighted by molar-refractivity contribution is 7.85. The van der Waals surface area contributed by atoms with Gasteiger partial charge < -0.3 is 9.45 Å². The summed E-state index contributed by atoms with van der Waals surface area (Å²) >= 11 is 19.4. The normalized spacial score (nSPS) is 18.9. The van der Waals surface area contributed by atoms with Gasteiger partial charge in [0.2, 0.25) is 5.69 Å². The lowest BCUT2D eigenvalue weighted by Crippen LogP contribution is -2.28. The second-order valence-corrected chi connectivity index (χ2v) is 16.4. The van der Waals surface area contributed by atoms with Gasteiger partial charge in [-0.15, -0.1) is 0 Å². The van der Waals surface area contributed by atoms with Gasteiger partial charge in [0.05, 0.1) is 21.3 Å². The molecule has 2 aromatic rings. The van der Waals surface area contributed by atoms with E-state index in [0.29, 0.717) is 28.2 Å². The van der Waals surface area contributed by atoms with Gasteiger partial charge >= 0.3 is 0 Å². The van der Waals surface area contributed by atoms with Crippen LogP contribution in [0.1, 0.15) is 51.7 Å². The van der Waals surface area contributed by atoms with Crippen LogP contribution in [0.2, 0.25) is 10.0 Å². The van der Waals surface area contributed by atoms with Crippen LogP contribution >= 0.6 is 34.8 Å². The van der Waals surface area contributed by atoms with Gasteiger partial charge in [-0.05, 0) is 74.4 Å². The fourth-order valence-electron chi connectivity index (χ4n) is 5.95. The zero-order valence-electron chi connectivity index (χ0n) is 24.8. The molecule has 2 aromatic carbocycles. The van der Waals surface area contributed by atoms with Crippen LogP contribution in [0.3, 0.4) is 0 Å². The molecule has 238 valence electrons. The topological polar surface area (TPSA) is 118 Å². The molecule has 0 fully saturated rings. The van der Waals surface area contributed by atoms with Crippen molar-refractivity contribution in [3.05, 3.63) is 92.6 Å². The van der Waals surface area contributed by atoms with Gasteiger partial charge in [0, 0.05) is 68.3 Å². The molecule has 0 amide bonds. The van der Waals surface area contributed by atoms with Crippen molar-refractivity contribution in [2.45, 2.75) is 51.4 Å². The summed E-state index contributed by atoms with van der Waals surface area (Å²) in [5, 5.41) is 1.58. The van der Waals surface area contributed by atoms with Crippen molar-refractivity contribution in [1.29, 1.82) is 0 Å². The van der Waals surface area contributed by atoms with Crippen LogP contribution in [0.4, 0.5) is 11.4 Å². The quantitative estimate of drug-likeness (QED) is 0.153. The molecule has 0 saturated carbocycles. The number of hydrogen-bond donors (Lipinski definition) is 1. The van der Waals surface area contributed by atoms with E-state index >= 15 is 0 Å². The van der Waals surface area contributed by atoms with Crippen molar-refractivity contribution >= 4 is 72.1 Å². The van der Waals surface area contributed by atoms with E-state index in [2.05, 4.69) is 0 Å². The Bertz CT molecular complexity index is 1810. The summed E-state index contributed by atoms with van der Waals surface area (Å²) < 4.78 is 67.8. The minimum absolute atomic E-state index is 0.157. The van der Waals surface area contributed by atoms with Crippen LogP contribution in [-0.2, 0) is 31.1 Å². The molecular formula is C31H35Cl3N2O6S2. The molecule has 13 heteroatoms.